The second kappa shape index (κ2) is 8.84. The molecule has 0 saturated heterocycles. The minimum Gasteiger partial charge on any atom is -1.00 e. The molecule has 3 rings (SSSR count). The van der Waals surface area contributed by atoms with E-state index in [2.05, 4.69) is 82.9 Å². The molecule has 1 aliphatic rings. The second-order valence-electron chi connectivity index (χ2n) is 6.04. The zero-order valence-corrected chi connectivity index (χ0v) is 17.2. The molecule has 0 aliphatic carbocycles. The standard InChI is InChI=1S/C20H23BrN2.BrH/c1-3-5-15-23-19-9-7-6-8-18(19)22(14-4-2)20(23)16-10-12-17(21)13-11-16;/h4,6-13,20H,2-3,5,14-15H2,1H3;1H. The van der Waals surface area contributed by atoms with E-state index in [-0.39, 0.29) is 17.0 Å². The lowest BCUT2D eigenvalue weighted by Crippen LogP contribution is -3.07. The number of halogens is 2. The number of anilines is 1. The molecule has 0 saturated carbocycles. The first kappa shape index (κ1) is 19.2. The number of para-hydroxylation sites is 2. The Kier molecular flexibility index (Phi) is 7.08. The van der Waals surface area contributed by atoms with Gasteiger partial charge in [-0.3, -0.25) is 4.90 Å². The fourth-order valence-corrected chi connectivity index (χ4v) is 3.74. The molecule has 4 heteroatoms. The number of hydrogen-bond acceptors (Lipinski definition) is 1. The Morgan fingerprint density at radius 2 is 1.88 bits per heavy atom. The van der Waals surface area contributed by atoms with E-state index in [4.69, 9.17) is 0 Å². The summed E-state index contributed by atoms with van der Waals surface area (Å²) in [5.41, 5.74) is 4.11. The van der Waals surface area contributed by atoms with Gasteiger partial charge in [0, 0.05) is 22.6 Å². The Morgan fingerprint density at radius 1 is 1.17 bits per heavy atom. The third kappa shape index (κ3) is 3.76. The Morgan fingerprint density at radius 3 is 2.54 bits per heavy atom. The molecule has 0 fully saturated rings. The summed E-state index contributed by atoms with van der Waals surface area (Å²) < 4.78 is 1.13. The van der Waals surface area contributed by atoms with Gasteiger partial charge in [-0.2, -0.15) is 0 Å². The van der Waals surface area contributed by atoms with Gasteiger partial charge in [0.15, 0.2) is 11.9 Å². The van der Waals surface area contributed by atoms with Crippen molar-refractivity contribution >= 4 is 27.3 Å². The van der Waals surface area contributed by atoms with Gasteiger partial charge in [0.25, 0.3) is 0 Å². The molecule has 1 aliphatic heterocycles. The van der Waals surface area contributed by atoms with Crippen LogP contribution in [0.1, 0.15) is 31.5 Å². The van der Waals surface area contributed by atoms with Crippen LogP contribution < -0.4 is 26.8 Å². The number of rotatable bonds is 6. The van der Waals surface area contributed by atoms with Crippen molar-refractivity contribution in [3.05, 3.63) is 71.2 Å². The molecular weight excluding hydrogens is 428 g/mol. The maximum atomic E-state index is 3.97. The molecule has 2 aromatic carbocycles. The van der Waals surface area contributed by atoms with E-state index in [0.29, 0.717) is 6.17 Å². The molecule has 2 unspecified atom stereocenters. The molecule has 1 heterocycles. The van der Waals surface area contributed by atoms with Crippen molar-refractivity contribution < 1.29 is 21.9 Å². The minimum absolute atomic E-state index is 0. The van der Waals surface area contributed by atoms with Crippen molar-refractivity contribution in [2.75, 3.05) is 18.0 Å². The molecule has 128 valence electrons. The average Bonchev–Trinajstić information content (AvgIpc) is 2.88. The Hall–Kier alpha value is -1.10. The summed E-state index contributed by atoms with van der Waals surface area (Å²) in [6.45, 7) is 8.25. The second-order valence-corrected chi connectivity index (χ2v) is 6.96. The monoisotopic (exact) mass is 450 g/mol. The van der Waals surface area contributed by atoms with Crippen molar-refractivity contribution in [2.45, 2.75) is 25.9 Å². The van der Waals surface area contributed by atoms with Gasteiger partial charge in [-0.25, -0.2) is 0 Å². The van der Waals surface area contributed by atoms with E-state index in [0.717, 1.165) is 17.6 Å². The van der Waals surface area contributed by atoms with Crippen LogP contribution in [0.25, 0.3) is 0 Å². The van der Waals surface area contributed by atoms with E-state index in [1.807, 2.05) is 6.08 Å². The van der Waals surface area contributed by atoms with Gasteiger partial charge in [-0.1, -0.05) is 47.5 Å². The first-order valence-corrected chi connectivity index (χ1v) is 9.13. The molecule has 0 bridgehead atoms. The Labute approximate surface area is 164 Å². The van der Waals surface area contributed by atoms with Crippen LogP contribution in [0.3, 0.4) is 0 Å². The lowest BCUT2D eigenvalue weighted by atomic mass is 10.1. The molecule has 24 heavy (non-hydrogen) atoms. The van der Waals surface area contributed by atoms with Gasteiger partial charge in [-0.15, -0.1) is 6.58 Å². The van der Waals surface area contributed by atoms with Gasteiger partial charge in [0.05, 0.1) is 6.54 Å². The average molecular weight is 452 g/mol. The van der Waals surface area contributed by atoms with Crippen molar-refractivity contribution in [1.29, 1.82) is 0 Å². The number of nitrogens with one attached hydrogen (secondary N) is 1. The molecule has 2 nitrogen and oxygen atoms in total. The summed E-state index contributed by atoms with van der Waals surface area (Å²) in [6.07, 6.45) is 4.79. The smallest absolute Gasteiger partial charge is 0.195 e. The molecule has 1 N–H and O–H groups in total. The highest BCUT2D eigenvalue weighted by atomic mass is 79.9. The van der Waals surface area contributed by atoms with Crippen molar-refractivity contribution in [2.24, 2.45) is 0 Å². The quantitative estimate of drug-likeness (QED) is 0.653. The summed E-state index contributed by atoms with van der Waals surface area (Å²) in [5, 5.41) is 0. The lowest BCUT2D eigenvalue weighted by Gasteiger charge is -2.28. The zero-order valence-electron chi connectivity index (χ0n) is 14.0. The molecule has 0 radical (unpaired) electrons. The number of nitrogens with zero attached hydrogens (tertiary/aromatic N) is 1. The maximum Gasteiger partial charge on any atom is 0.195 e. The van der Waals surface area contributed by atoms with E-state index in [1.165, 1.54) is 29.8 Å². The fourth-order valence-electron chi connectivity index (χ4n) is 3.48. The van der Waals surface area contributed by atoms with E-state index in [9.17, 15) is 0 Å². The molecular formula is C20H24Br2N2. The van der Waals surface area contributed by atoms with E-state index >= 15 is 0 Å². The van der Waals surface area contributed by atoms with Gasteiger partial charge < -0.3 is 21.9 Å². The van der Waals surface area contributed by atoms with Crippen LogP contribution in [0.2, 0.25) is 0 Å². The first-order valence-electron chi connectivity index (χ1n) is 8.34. The van der Waals surface area contributed by atoms with Crippen molar-refractivity contribution in [1.82, 2.24) is 0 Å². The predicted molar refractivity (Wildman–Crippen MR) is 101 cm³/mol. The highest BCUT2D eigenvalue weighted by Crippen LogP contribution is 2.35. The van der Waals surface area contributed by atoms with Crippen LogP contribution in [0.15, 0.2) is 65.7 Å². The van der Waals surface area contributed by atoms with Crippen LogP contribution in [0.4, 0.5) is 11.4 Å². The summed E-state index contributed by atoms with van der Waals surface area (Å²) in [7, 11) is 0. The lowest BCUT2D eigenvalue weighted by molar-refractivity contribution is -0.860. The van der Waals surface area contributed by atoms with E-state index in [1.54, 1.807) is 4.90 Å². The minimum atomic E-state index is 0. The highest BCUT2D eigenvalue weighted by Gasteiger charge is 2.40. The molecule has 0 aromatic heterocycles. The molecule has 0 amide bonds. The van der Waals surface area contributed by atoms with Gasteiger partial charge in [0.2, 0.25) is 0 Å². The topological polar surface area (TPSA) is 7.68 Å². The zero-order chi connectivity index (χ0) is 16.2. The normalized spacial score (nSPS) is 18.8. The third-order valence-electron chi connectivity index (χ3n) is 4.51. The number of quaternary nitrogens is 1. The fraction of sp³-hybridized carbons (Fsp3) is 0.300. The number of fused-ring (bicyclic) bond motifs is 1. The molecule has 2 aromatic rings. The highest BCUT2D eigenvalue weighted by molar-refractivity contribution is 9.10. The Balaban J connectivity index is 0.00000208. The Bertz CT molecular complexity index is 670. The summed E-state index contributed by atoms with van der Waals surface area (Å²) in [6, 6.07) is 17.6. The number of benzene rings is 2. The van der Waals surface area contributed by atoms with Crippen molar-refractivity contribution in [3.8, 4) is 0 Å². The van der Waals surface area contributed by atoms with Gasteiger partial charge >= 0.3 is 0 Å². The molecule has 0 spiro atoms. The van der Waals surface area contributed by atoms with Crippen LogP contribution in [-0.4, -0.2) is 13.1 Å². The summed E-state index contributed by atoms with van der Waals surface area (Å²) >= 11 is 3.55. The number of unbranched alkanes of at least 4 members (excludes halogenated alkanes) is 1. The van der Waals surface area contributed by atoms with Crippen LogP contribution in [0, 0.1) is 0 Å². The van der Waals surface area contributed by atoms with Crippen molar-refractivity contribution in [3.63, 3.8) is 0 Å². The largest absolute Gasteiger partial charge is 1.00 e. The maximum absolute atomic E-state index is 3.97. The predicted octanol–water partition coefficient (Wildman–Crippen LogP) is 1.47. The summed E-state index contributed by atoms with van der Waals surface area (Å²) in [5.74, 6) is 0. The van der Waals surface area contributed by atoms with Gasteiger partial charge in [0.1, 0.15) is 5.69 Å². The van der Waals surface area contributed by atoms with Crippen LogP contribution >= 0.6 is 15.9 Å². The van der Waals surface area contributed by atoms with Crippen LogP contribution in [0.5, 0.6) is 0 Å². The van der Waals surface area contributed by atoms with Gasteiger partial charge in [-0.05, 0) is 36.8 Å². The van der Waals surface area contributed by atoms with E-state index < -0.39 is 0 Å². The summed E-state index contributed by atoms with van der Waals surface area (Å²) in [4.78, 5) is 4.03. The third-order valence-corrected chi connectivity index (χ3v) is 5.04. The van der Waals surface area contributed by atoms with Crippen LogP contribution in [-0.2, 0) is 0 Å². The first-order chi connectivity index (χ1) is 11.3. The SMILES string of the molecule is C=CCN1c2ccccc2[NH+](CCCC)C1c1ccc(Br)cc1.[Br-]. The number of hydrogen-bond donors (Lipinski definition) is 1. The molecule has 2 atom stereocenters.